The van der Waals surface area contributed by atoms with Gasteiger partial charge in [0.15, 0.2) is 0 Å². The average molecular weight is 251 g/mol. The van der Waals surface area contributed by atoms with E-state index in [-0.39, 0.29) is 0 Å². The Balaban J connectivity index is 2.35. The summed E-state index contributed by atoms with van der Waals surface area (Å²) in [5.74, 6) is 1.26. The van der Waals surface area contributed by atoms with Gasteiger partial charge in [-0.05, 0) is 37.7 Å². The minimum Gasteiger partial charge on any atom is -0.371 e. The second-order valence-corrected chi connectivity index (χ2v) is 6.76. The van der Waals surface area contributed by atoms with Crippen molar-refractivity contribution in [2.75, 3.05) is 13.2 Å². The maximum Gasteiger partial charge on any atom is 0.0918 e. The zero-order valence-electron chi connectivity index (χ0n) is 12.9. The molecule has 0 aliphatic carbocycles. The fourth-order valence-electron chi connectivity index (χ4n) is 3.60. The first-order valence-corrected chi connectivity index (χ1v) is 7.52. The number of ether oxygens (including phenoxy) is 1. The molecule has 0 aromatic rings. The fourth-order valence-corrected chi connectivity index (χ4v) is 3.60. The maximum absolute atomic E-state index is 6.14. The summed E-state index contributed by atoms with van der Waals surface area (Å²) in [5.41, 5.74) is 3.26. The molecule has 0 aromatic carbocycles. The molecule has 18 heavy (non-hydrogen) atoms. The van der Waals surface area contributed by atoms with E-state index in [1.807, 2.05) is 0 Å². The number of morpholine rings is 1. The Morgan fingerprint density at radius 2 is 1.72 bits per heavy atom. The van der Waals surface area contributed by atoms with Crippen molar-refractivity contribution in [2.45, 2.75) is 66.2 Å². The molecule has 2 nitrogen and oxygen atoms in total. The summed E-state index contributed by atoms with van der Waals surface area (Å²) in [6, 6.07) is 1.22. The van der Waals surface area contributed by atoms with E-state index in [9.17, 15) is 0 Å². The quantitative estimate of drug-likeness (QED) is 0.712. The van der Waals surface area contributed by atoms with Crippen LogP contribution in [-0.4, -0.2) is 36.2 Å². The summed E-state index contributed by atoms with van der Waals surface area (Å²) in [4.78, 5) is 2.64. The second kappa shape index (κ2) is 5.34. The van der Waals surface area contributed by atoms with Crippen LogP contribution in [0.25, 0.3) is 0 Å². The van der Waals surface area contributed by atoms with Gasteiger partial charge in [0.05, 0.1) is 12.7 Å². The molecule has 2 heteroatoms. The predicted molar refractivity (Wildman–Crippen MR) is 76.7 cm³/mol. The van der Waals surface area contributed by atoms with Crippen LogP contribution in [0.1, 0.15) is 48.0 Å². The van der Waals surface area contributed by atoms with Crippen LogP contribution in [0.15, 0.2) is 11.1 Å². The summed E-state index contributed by atoms with van der Waals surface area (Å²) < 4.78 is 6.14. The lowest BCUT2D eigenvalue weighted by molar-refractivity contribution is -0.0542. The molecule has 2 bridgehead atoms. The number of fused-ring (bicyclic) bond motifs is 3. The molecule has 1 fully saturated rings. The molecular weight excluding hydrogens is 222 g/mol. The van der Waals surface area contributed by atoms with Gasteiger partial charge in [-0.2, -0.15) is 0 Å². The van der Waals surface area contributed by atoms with E-state index < -0.39 is 0 Å². The van der Waals surface area contributed by atoms with Crippen molar-refractivity contribution in [1.82, 2.24) is 4.90 Å². The number of rotatable bonds is 3. The van der Waals surface area contributed by atoms with Crippen LogP contribution in [0.2, 0.25) is 0 Å². The average Bonchev–Trinajstić information content (AvgIpc) is 2.56. The van der Waals surface area contributed by atoms with Crippen LogP contribution in [0.4, 0.5) is 0 Å². The highest BCUT2D eigenvalue weighted by Crippen LogP contribution is 2.37. The lowest BCUT2D eigenvalue weighted by Gasteiger charge is -2.40. The normalized spacial score (nSPS) is 29.8. The van der Waals surface area contributed by atoms with Gasteiger partial charge < -0.3 is 4.74 Å². The molecule has 0 radical (unpaired) electrons. The van der Waals surface area contributed by atoms with E-state index in [2.05, 4.69) is 46.4 Å². The Morgan fingerprint density at radius 3 is 2.22 bits per heavy atom. The highest BCUT2D eigenvalue weighted by Gasteiger charge is 2.38. The molecule has 0 amide bonds. The van der Waals surface area contributed by atoms with E-state index in [1.165, 1.54) is 6.42 Å². The molecule has 2 unspecified atom stereocenters. The first-order chi connectivity index (χ1) is 8.41. The number of nitrogens with zero attached hydrogens (tertiary/aromatic N) is 1. The van der Waals surface area contributed by atoms with Crippen LogP contribution in [0.3, 0.4) is 0 Å². The van der Waals surface area contributed by atoms with Crippen molar-refractivity contribution >= 4 is 0 Å². The van der Waals surface area contributed by atoms with E-state index in [0.29, 0.717) is 30.0 Å². The molecule has 0 saturated carbocycles. The lowest BCUT2D eigenvalue weighted by atomic mass is 9.86. The van der Waals surface area contributed by atoms with Crippen molar-refractivity contribution in [3.05, 3.63) is 11.1 Å². The van der Waals surface area contributed by atoms with Crippen molar-refractivity contribution in [1.29, 1.82) is 0 Å². The zero-order valence-corrected chi connectivity index (χ0v) is 12.9. The largest absolute Gasteiger partial charge is 0.371 e. The summed E-state index contributed by atoms with van der Waals surface area (Å²) in [7, 11) is 0. The van der Waals surface area contributed by atoms with Gasteiger partial charge in [0.25, 0.3) is 0 Å². The zero-order chi connectivity index (χ0) is 13.4. The summed E-state index contributed by atoms with van der Waals surface area (Å²) in [5, 5.41) is 0. The molecule has 0 spiro atoms. The molecular formula is C16H29NO. The standard InChI is InChI=1S/C16H29NO/c1-10(2)14-7-13-9-18-15(16(14)11(3)4)8-17(13)12(5)6/h10-13,15H,7-9H2,1-6H3. The monoisotopic (exact) mass is 251 g/mol. The van der Waals surface area contributed by atoms with Crippen molar-refractivity contribution in [2.24, 2.45) is 11.8 Å². The molecule has 1 saturated heterocycles. The number of hydrogen-bond donors (Lipinski definition) is 0. The van der Waals surface area contributed by atoms with Gasteiger partial charge in [-0.15, -0.1) is 0 Å². The Hall–Kier alpha value is -0.340. The Bertz CT molecular complexity index is 330. The van der Waals surface area contributed by atoms with Crippen molar-refractivity contribution < 1.29 is 4.74 Å². The molecule has 0 N–H and O–H groups in total. The van der Waals surface area contributed by atoms with Gasteiger partial charge in [-0.25, -0.2) is 0 Å². The Morgan fingerprint density at radius 1 is 1.06 bits per heavy atom. The second-order valence-electron chi connectivity index (χ2n) is 6.76. The SMILES string of the molecule is CC(C)C1=C(C(C)C)C2CN(C(C)C)C(CO2)C1. The summed E-state index contributed by atoms with van der Waals surface area (Å²) in [6.07, 6.45) is 1.54. The van der Waals surface area contributed by atoms with Crippen molar-refractivity contribution in [3.63, 3.8) is 0 Å². The fraction of sp³-hybridized carbons (Fsp3) is 0.875. The Kier molecular flexibility index (Phi) is 4.18. The number of hydrogen-bond acceptors (Lipinski definition) is 2. The van der Waals surface area contributed by atoms with Crippen LogP contribution in [0, 0.1) is 11.8 Å². The van der Waals surface area contributed by atoms with Crippen LogP contribution < -0.4 is 0 Å². The Labute approximate surface area is 112 Å². The molecule has 2 atom stereocenters. The predicted octanol–water partition coefficient (Wildman–Crippen LogP) is 3.48. The van der Waals surface area contributed by atoms with Crippen LogP contribution in [-0.2, 0) is 4.74 Å². The minimum atomic E-state index is 0.337. The van der Waals surface area contributed by atoms with E-state index in [4.69, 9.17) is 4.74 Å². The third-order valence-corrected chi connectivity index (χ3v) is 4.49. The van der Waals surface area contributed by atoms with Gasteiger partial charge in [-0.1, -0.05) is 33.3 Å². The summed E-state index contributed by atoms with van der Waals surface area (Å²) >= 11 is 0. The van der Waals surface area contributed by atoms with Gasteiger partial charge in [0.1, 0.15) is 0 Å². The van der Waals surface area contributed by atoms with Gasteiger partial charge >= 0.3 is 0 Å². The van der Waals surface area contributed by atoms with E-state index >= 15 is 0 Å². The summed E-state index contributed by atoms with van der Waals surface area (Å²) in [6.45, 7) is 15.9. The molecule has 3 rings (SSSR count). The van der Waals surface area contributed by atoms with Gasteiger partial charge in [0.2, 0.25) is 0 Å². The first-order valence-electron chi connectivity index (χ1n) is 7.52. The molecule has 3 heterocycles. The topological polar surface area (TPSA) is 12.5 Å². The smallest absolute Gasteiger partial charge is 0.0918 e. The van der Waals surface area contributed by atoms with Crippen LogP contribution >= 0.6 is 0 Å². The van der Waals surface area contributed by atoms with Crippen LogP contribution in [0.5, 0.6) is 0 Å². The minimum absolute atomic E-state index is 0.337. The maximum atomic E-state index is 6.14. The van der Waals surface area contributed by atoms with Crippen molar-refractivity contribution in [3.8, 4) is 0 Å². The van der Waals surface area contributed by atoms with Gasteiger partial charge in [-0.3, -0.25) is 4.90 Å². The highest BCUT2D eigenvalue weighted by molar-refractivity contribution is 5.27. The first kappa shape index (κ1) is 14.1. The molecule has 104 valence electrons. The van der Waals surface area contributed by atoms with E-state index in [1.54, 1.807) is 11.1 Å². The highest BCUT2D eigenvalue weighted by atomic mass is 16.5. The third kappa shape index (κ3) is 2.50. The van der Waals surface area contributed by atoms with Gasteiger partial charge in [0, 0.05) is 18.6 Å². The third-order valence-electron chi connectivity index (χ3n) is 4.49. The molecule has 3 aliphatic heterocycles. The molecule has 0 aromatic heterocycles. The molecule has 3 aliphatic rings. The van der Waals surface area contributed by atoms with E-state index in [0.717, 1.165) is 13.2 Å². The lowest BCUT2D eigenvalue weighted by Crippen LogP contribution is -2.51.